The molecule has 7 nitrogen and oxygen atoms in total. The van der Waals surface area contributed by atoms with E-state index in [1.807, 2.05) is 30.3 Å². The number of carbonyl (C=O) groups excluding carboxylic acids is 3. The molecule has 0 radical (unpaired) electrons. The Morgan fingerprint density at radius 3 is 2.77 bits per heavy atom. The van der Waals surface area contributed by atoms with Crippen LogP contribution in [0.15, 0.2) is 54.4 Å². The van der Waals surface area contributed by atoms with E-state index in [9.17, 15) is 18.8 Å². The van der Waals surface area contributed by atoms with Crippen molar-refractivity contribution in [1.29, 1.82) is 0 Å². The monoisotopic (exact) mass is 426 g/mol. The highest BCUT2D eigenvalue weighted by atomic mass is 32.1. The lowest BCUT2D eigenvalue weighted by atomic mass is 10.1. The third-order valence-corrected chi connectivity index (χ3v) is 6.04. The number of aryl methyl sites for hydroxylation is 1. The maximum atomic E-state index is 13.2. The molecule has 1 fully saturated rings. The molecule has 1 aliphatic carbocycles. The van der Waals surface area contributed by atoms with E-state index in [1.165, 1.54) is 17.1 Å². The summed E-state index contributed by atoms with van der Waals surface area (Å²) in [5.74, 6) is -1.09. The van der Waals surface area contributed by atoms with E-state index in [1.54, 1.807) is 13.0 Å². The number of rotatable bonds is 5. The van der Waals surface area contributed by atoms with Crippen LogP contribution in [0.1, 0.15) is 27.3 Å². The van der Waals surface area contributed by atoms with Gasteiger partial charge in [-0.2, -0.15) is 0 Å². The first kappa shape index (κ1) is 20.0. The van der Waals surface area contributed by atoms with E-state index >= 15 is 0 Å². The van der Waals surface area contributed by atoms with Crippen LogP contribution < -0.4 is 10.2 Å². The fourth-order valence-corrected chi connectivity index (χ4v) is 4.32. The van der Waals surface area contributed by atoms with Crippen LogP contribution in [0, 0.1) is 6.92 Å². The van der Waals surface area contributed by atoms with Gasteiger partial charge in [-0.3, -0.25) is 9.59 Å². The number of allylic oxidation sites excluding steroid dienone is 2. The number of anilines is 1. The summed E-state index contributed by atoms with van der Waals surface area (Å²) in [6, 6.07) is 8.58. The molecule has 154 valence electrons. The van der Waals surface area contributed by atoms with Crippen molar-refractivity contribution in [3.63, 3.8) is 0 Å². The summed E-state index contributed by atoms with van der Waals surface area (Å²) in [7, 11) is 0. The molecule has 1 saturated heterocycles. The summed E-state index contributed by atoms with van der Waals surface area (Å²) in [6.45, 7) is 1.91. The number of benzene rings is 1. The van der Waals surface area contributed by atoms with Crippen molar-refractivity contribution in [3.05, 3.63) is 70.5 Å². The van der Waals surface area contributed by atoms with E-state index in [-0.39, 0.29) is 29.5 Å². The van der Waals surface area contributed by atoms with Crippen molar-refractivity contribution in [1.82, 2.24) is 15.2 Å². The van der Waals surface area contributed by atoms with E-state index in [4.69, 9.17) is 0 Å². The number of nitrogens with zero attached hydrogens (tertiary/aromatic N) is 3. The molecule has 2 aromatic rings. The first-order chi connectivity index (χ1) is 14.4. The molecule has 1 unspecified atom stereocenters. The van der Waals surface area contributed by atoms with Crippen molar-refractivity contribution in [2.45, 2.75) is 25.9 Å². The Balaban J connectivity index is 1.48. The molecule has 0 saturated carbocycles. The third kappa shape index (κ3) is 3.88. The molecule has 1 aliphatic heterocycles. The Hall–Kier alpha value is -3.33. The maximum absolute atomic E-state index is 13.2. The summed E-state index contributed by atoms with van der Waals surface area (Å²) >= 11 is 1.00. The van der Waals surface area contributed by atoms with Gasteiger partial charge >= 0.3 is 6.03 Å². The number of halogens is 1. The summed E-state index contributed by atoms with van der Waals surface area (Å²) < 4.78 is 13.2. The van der Waals surface area contributed by atoms with Gasteiger partial charge in [-0.25, -0.2) is 19.1 Å². The second-order valence-electron chi connectivity index (χ2n) is 6.97. The van der Waals surface area contributed by atoms with E-state index in [2.05, 4.69) is 10.3 Å². The zero-order valence-corrected chi connectivity index (χ0v) is 17.0. The molecule has 0 spiro atoms. The number of carbonyl (C=O) groups is 3. The molecule has 0 bridgehead atoms. The predicted octanol–water partition coefficient (Wildman–Crippen LogP) is 3.33. The predicted molar refractivity (Wildman–Crippen MR) is 111 cm³/mol. The summed E-state index contributed by atoms with van der Waals surface area (Å²) in [6.07, 6.45) is 4.55. The molecule has 30 heavy (non-hydrogen) atoms. The van der Waals surface area contributed by atoms with Crippen molar-refractivity contribution in [3.8, 4) is 0 Å². The molecular formula is C21H19FN4O3S. The van der Waals surface area contributed by atoms with Crippen molar-refractivity contribution in [2.24, 2.45) is 0 Å². The number of amides is 4. The second kappa shape index (κ2) is 8.19. The first-order valence-corrected chi connectivity index (χ1v) is 10.2. The van der Waals surface area contributed by atoms with Gasteiger partial charge in [-0.05, 0) is 31.1 Å². The minimum Gasteiger partial charge on any atom is -0.347 e. The average Bonchev–Trinajstić information content (AvgIpc) is 3.26. The molecule has 1 atom stereocenters. The van der Waals surface area contributed by atoms with Crippen molar-refractivity contribution in [2.75, 3.05) is 11.4 Å². The minimum atomic E-state index is -0.518. The molecule has 2 aliphatic rings. The molecular weight excluding hydrogens is 407 g/mol. The van der Waals surface area contributed by atoms with Gasteiger partial charge in [0.2, 0.25) is 5.13 Å². The number of hydrogen-bond donors (Lipinski definition) is 1. The summed E-state index contributed by atoms with van der Waals surface area (Å²) in [5, 5.41) is 2.99. The van der Waals surface area contributed by atoms with Crippen LogP contribution in [0.5, 0.6) is 0 Å². The fourth-order valence-electron chi connectivity index (χ4n) is 3.33. The second-order valence-corrected chi connectivity index (χ2v) is 7.95. The van der Waals surface area contributed by atoms with Crippen LogP contribution >= 0.6 is 11.3 Å². The Morgan fingerprint density at radius 2 is 2.07 bits per heavy atom. The van der Waals surface area contributed by atoms with Gasteiger partial charge in [0, 0.05) is 6.54 Å². The zero-order chi connectivity index (χ0) is 21.3. The van der Waals surface area contributed by atoms with Gasteiger partial charge < -0.3 is 10.2 Å². The lowest BCUT2D eigenvalue weighted by Crippen LogP contribution is -2.38. The molecule has 1 N–H and O–H groups in total. The normalized spacial score (nSPS) is 18.7. The van der Waals surface area contributed by atoms with Crippen LogP contribution in [0.2, 0.25) is 0 Å². The van der Waals surface area contributed by atoms with E-state index in [0.29, 0.717) is 23.5 Å². The molecule has 1 aromatic carbocycles. The van der Waals surface area contributed by atoms with Crippen LogP contribution in [-0.4, -0.2) is 40.3 Å². The Bertz CT molecular complexity index is 1060. The molecule has 4 amide bonds. The average molecular weight is 426 g/mol. The number of hydrogen-bond acceptors (Lipinski definition) is 5. The topological polar surface area (TPSA) is 82.6 Å². The quantitative estimate of drug-likeness (QED) is 0.744. The first-order valence-electron chi connectivity index (χ1n) is 9.41. The molecule has 2 heterocycles. The summed E-state index contributed by atoms with van der Waals surface area (Å²) in [4.78, 5) is 45.0. The largest absolute Gasteiger partial charge is 0.347 e. The minimum absolute atomic E-state index is 0.114. The summed E-state index contributed by atoms with van der Waals surface area (Å²) in [5.41, 5.74) is 1.40. The van der Waals surface area contributed by atoms with Gasteiger partial charge in [0.25, 0.3) is 11.8 Å². The Kier molecular flexibility index (Phi) is 5.45. The van der Waals surface area contributed by atoms with Gasteiger partial charge in [0.05, 0.1) is 11.7 Å². The highest BCUT2D eigenvalue weighted by Gasteiger charge is 2.42. The van der Waals surface area contributed by atoms with Crippen LogP contribution in [0.4, 0.5) is 14.3 Å². The van der Waals surface area contributed by atoms with E-state index in [0.717, 1.165) is 21.8 Å². The number of nitrogens with one attached hydrogen (secondary N) is 1. The van der Waals surface area contributed by atoms with Crippen LogP contribution in [-0.2, 0) is 11.3 Å². The smallest absolute Gasteiger partial charge is 0.334 e. The van der Waals surface area contributed by atoms with Crippen molar-refractivity contribution >= 4 is 34.3 Å². The van der Waals surface area contributed by atoms with Gasteiger partial charge in [-0.1, -0.05) is 47.7 Å². The number of thiazole rings is 1. The van der Waals surface area contributed by atoms with Gasteiger partial charge in [0.1, 0.15) is 17.2 Å². The number of urea groups is 1. The molecule has 9 heteroatoms. The van der Waals surface area contributed by atoms with E-state index < -0.39 is 11.9 Å². The number of imide groups is 1. The highest BCUT2D eigenvalue weighted by molar-refractivity contribution is 7.18. The highest BCUT2D eigenvalue weighted by Crippen LogP contribution is 2.31. The lowest BCUT2D eigenvalue weighted by molar-refractivity contribution is -0.116. The van der Waals surface area contributed by atoms with Crippen molar-refractivity contribution < 1.29 is 18.8 Å². The Morgan fingerprint density at radius 1 is 1.30 bits per heavy atom. The van der Waals surface area contributed by atoms with Crippen LogP contribution in [0.25, 0.3) is 0 Å². The number of aromatic nitrogens is 1. The van der Waals surface area contributed by atoms with Gasteiger partial charge in [0.15, 0.2) is 0 Å². The zero-order valence-electron chi connectivity index (χ0n) is 16.2. The van der Waals surface area contributed by atoms with Crippen LogP contribution in [0.3, 0.4) is 0 Å². The lowest BCUT2D eigenvalue weighted by Gasteiger charge is -2.24. The standard InChI is InChI=1S/C21H19FN4O3S/c1-13-18(19(28)23-11-14-5-3-2-4-6-14)30-20(24-13)26-17(27)12-25(21(26)29)16-9-7-15(22)8-10-16/h2-9,16H,10-12H2,1H3,(H,23,28). The Labute approximate surface area is 176 Å². The molecule has 1 aromatic heterocycles. The third-order valence-electron chi connectivity index (χ3n) is 4.90. The SMILES string of the molecule is Cc1nc(N2C(=O)CN(C3C=CC(F)=CC3)C2=O)sc1C(=O)NCc1ccccc1. The maximum Gasteiger partial charge on any atom is 0.334 e. The fraction of sp³-hybridized carbons (Fsp3) is 0.238. The molecule has 4 rings (SSSR count). The van der Waals surface area contributed by atoms with Gasteiger partial charge in [-0.15, -0.1) is 0 Å².